The van der Waals surface area contributed by atoms with Crippen molar-refractivity contribution in [3.8, 4) is 0 Å². The van der Waals surface area contributed by atoms with Gasteiger partial charge in [0, 0.05) is 11.3 Å². The Morgan fingerprint density at radius 3 is 2.17 bits per heavy atom. The molecule has 1 nitrogen and oxygen atoms in total. The lowest BCUT2D eigenvalue weighted by atomic mass is 9.99. The molecule has 0 heterocycles. The Balaban J connectivity index is 0.000000659. The van der Waals surface area contributed by atoms with Crippen molar-refractivity contribution in [2.45, 2.75) is 63.5 Å². The van der Waals surface area contributed by atoms with E-state index in [1.165, 1.54) is 11.3 Å². The van der Waals surface area contributed by atoms with Gasteiger partial charge in [0.25, 0.3) is 0 Å². The van der Waals surface area contributed by atoms with Gasteiger partial charge in [0.1, 0.15) is 5.78 Å². The van der Waals surface area contributed by atoms with Crippen LogP contribution >= 0.6 is 11.8 Å². The Morgan fingerprint density at radius 2 is 1.61 bits per heavy atom. The fraction of sp³-hybridized carbons (Fsp3) is 0.562. The number of hydrogen-bond acceptors (Lipinski definition) is 2. The van der Waals surface area contributed by atoms with Crippen LogP contribution in [0.5, 0.6) is 0 Å². The number of benzene rings is 1. The van der Waals surface area contributed by atoms with Gasteiger partial charge in [0.05, 0.1) is 5.25 Å². The van der Waals surface area contributed by atoms with Crippen LogP contribution in [-0.2, 0) is 4.79 Å². The first-order valence-electron chi connectivity index (χ1n) is 7.11. The molecule has 0 aromatic heterocycles. The van der Waals surface area contributed by atoms with E-state index in [-0.39, 0.29) is 5.25 Å². The molecule has 1 saturated carbocycles. The predicted molar refractivity (Wildman–Crippen MR) is 82.3 cm³/mol. The summed E-state index contributed by atoms with van der Waals surface area (Å²) < 4.78 is 0. The summed E-state index contributed by atoms with van der Waals surface area (Å²) in [5.74, 6) is 0.435. The Kier molecular flexibility index (Phi) is 10.9. The van der Waals surface area contributed by atoms with Gasteiger partial charge < -0.3 is 0 Å². The molecule has 0 spiro atoms. The second kappa shape index (κ2) is 11.3. The number of Topliss-reactive ketones (excluding diaryl/α,β-unsaturated/α-hetero) is 1. The zero-order chi connectivity index (χ0) is 13.8. The van der Waals surface area contributed by atoms with E-state index >= 15 is 0 Å². The molecule has 0 saturated heterocycles. The SMILES string of the molecule is CC.CC.O=C1CCCCC1Sc1ccccc1. The van der Waals surface area contributed by atoms with Crippen LogP contribution in [0.2, 0.25) is 0 Å². The van der Waals surface area contributed by atoms with Crippen molar-refractivity contribution in [3.05, 3.63) is 30.3 Å². The van der Waals surface area contributed by atoms with E-state index in [2.05, 4.69) is 12.1 Å². The maximum Gasteiger partial charge on any atom is 0.146 e. The monoisotopic (exact) mass is 266 g/mol. The molecular weight excluding hydrogens is 240 g/mol. The van der Waals surface area contributed by atoms with E-state index in [0.717, 1.165) is 19.3 Å². The van der Waals surface area contributed by atoms with Crippen LogP contribution in [0, 0.1) is 0 Å². The molecule has 2 heteroatoms. The molecule has 1 aliphatic rings. The zero-order valence-electron chi connectivity index (χ0n) is 12.1. The average Bonchev–Trinajstić information content (AvgIpc) is 2.47. The minimum absolute atomic E-state index is 0.214. The van der Waals surface area contributed by atoms with E-state index in [1.807, 2.05) is 45.9 Å². The minimum atomic E-state index is 0.214. The van der Waals surface area contributed by atoms with Gasteiger partial charge in [-0.3, -0.25) is 4.79 Å². The van der Waals surface area contributed by atoms with Crippen LogP contribution in [0.4, 0.5) is 0 Å². The molecule has 1 aromatic rings. The molecule has 1 aromatic carbocycles. The molecule has 2 rings (SSSR count). The molecule has 0 bridgehead atoms. The normalized spacial score (nSPS) is 18.0. The van der Waals surface area contributed by atoms with Gasteiger partial charge in [0.15, 0.2) is 0 Å². The standard InChI is InChI=1S/C12H14OS.2C2H6/c13-11-8-4-5-9-12(11)14-10-6-2-1-3-7-10;2*1-2/h1-3,6-7,12H,4-5,8-9H2;2*1-2H3. The van der Waals surface area contributed by atoms with Gasteiger partial charge in [-0.2, -0.15) is 0 Å². The smallest absolute Gasteiger partial charge is 0.146 e. The predicted octanol–water partition coefficient (Wildman–Crippen LogP) is 5.34. The molecule has 0 N–H and O–H groups in total. The number of rotatable bonds is 2. The van der Waals surface area contributed by atoms with E-state index < -0.39 is 0 Å². The molecule has 0 amide bonds. The molecule has 102 valence electrons. The first kappa shape index (κ1) is 17.2. The van der Waals surface area contributed by atoms with Gasteiger partial charge in [-0.05, 0) is 25.0 Å². The van der Waals surface area contributed by atoms with E-state index in [9.17, 15) is 4.79 Å². The maximum absolute atomic E-state index is 11.6. The van der Waals surface area contributed by atoms with Gasteiger partial charge in [-0.25, -0.2) is 0 Å². The Hall–Kier alpha value is -0.760. The van der Waals surface area contributed by atoms with Crippen LogP contribution in [0.25, 0.3) is 0 Å². The van der Waals surface area contributed by atoms with Gasteiger partial charge in [-0.1, -0.05) is 52.3 Å². The van der Waals surface area contributed by atoms with Crippen molar-refractivity contribution in [2.24, 2.45) is 0 Å². The second-order valence-corrected chi connectivity index (χ2v) is 4.91. The number of thioether (sulfide) groups is 1. The number of carbonyl (C=O) groups is 1. The zero-order valence-corrected chi connectivity index (χ0v) is 12.9. The van der Waals surface area contributed by atoms with E-state index in [1.54, 1.807) is 11.8 Å². The quantitative estimate of drug-likeness (QED) is 0.718. The van der Waals surface area contributed by atoms with Crippen molar-refractivity contribution in [1.82, 2.24) is 0 Å². The first-order valence-corrected chi connectivity index (χ1v) is 7.98. The van der Waals surface area contributed by atoms with Crippen LogP contribution in [0.3, 0.4) is 0 Å². The van der Waals surface area contributed by atoms with Gasteiger partial charge in [0.2, 0.25) is 0 Å². The topological polar surface area (TPSA) is 17.1 Å². The summed E-state index contributed by atoms with van der Waals surface area (Å²) in [6.07, 6.45) is 4.13. The summed E-state index contributed by atoms with van der Waals surface area (Å²) in [5.41, 5.74) is 0. The molecule has 18 heavy (non-hydrogen) atoms. The largest absolute Gasteiger partial charge is 0.298 e. The summed E-state index contributed by atoms with van der Waals surface area (Å²) in [6, 6.07) is 10.2. The Morgan fingerprint density at radius 1 is 1.00 bits per heavy atom. The molecular formula is C16H26OS. The third-order valence-corrected chi connectivity index (χ3v) is 3.85. The summed E-state index contributed by atoms with van der Waals surface area (Å²) in [6.45, 7) is 8.00. The number of hydrogen-bond donors (Lipinski definition) is 0. The highest BCUT2D eigenvalue weighted by Gasteiger charge is 2.22. The number of carbonyl (C=O) groups excluding carboxylic acids is 1. The van der Waals surface area contributed by atoms with Gasteiger partial charge >= 0.3 is 0 Å². The van der Waals surface area contributed by atoms with Crippen LogP contribution < -0.4 is 0 Å². The first-order chi connectivity index (χ1) is 8.86. The third-order valence-electron chi connectivity index (χ3n) is 2.52. The summed E-state index contributed by atoms with van der Waals surface area (Å²) in [7, 11) is 0. The summed E-state index contributed by atoms with van der Waals surface area (Å²) >= 11 is 1.72. The lowest BCUT2D eigenvalue weighted by Gasteiger charge is -2.19. The maximum atomic E-state index is 11.6. The van der Waals surface area contributed by atoms with Crippen molar-refractivity contribution in [3.63, 3.8) is 0 Å². The lowest BCUT2D eigenvalue weighted by molar-refractivity contribution is -0.119. The van der Waals surface area contributed by atoms with E-state index in [0.29, 0.717) is 5.78 Å². The van der Waals surface area contributed by atoms with Crippen molar-refractivity contribution in [2.75, 3.05) is 0 Å². The van der Waals surface area contributed by atoms with Gasteiger partial charge in [-0.15, -0.1) is 11.8 Å². The second-order valence-electron chi connectivity index (χ2n) is 3.63. The Bertz CT molecular complexity index is 308. The lowest BCUT2D eigenvalue weighted by Crippen LogP contribution is -2.20. The highest BCUT2D eigenvalue weighted by molar-refractivity contribution is 8.00. The van der Waals surface area contributed by atoms with Crippen molar-refractivity contribution < 1.29 is 4.79 Å². The average molecular weight is 266 g/mol. The molecule has 1 fully saturated rings. The van der Waals surface area contributed by atoms with Crippen LogP contribution in [-0.4, -0.2) is 11.0 Å². The molecule has 0 radical (unpaired) electrons. The molecule has 1 aliphatic carbocycles. The third kappa shape index (κ3) is 6.25. The highest BCUT2D eigenvalue weighted by Crippen LogP contribution is 2.31. The minimum Gasteiger partial charge on any atom is -0.298 e. The molecule has 1 atom stereocenters. The molecule has 1 unspecified atom stereocenters. The fourth-order valence-electron chi connectivity index (χ4n) is 1.74. The number of ketones is 1. The van der Waals surface area contributed by atoms with E-state index in [4.69, 9.17) is 0 Å². The highest BCUT2D eigenvalue weighted by atomic mass is 32.2. The summed E-state index contributed by atoms with van der Waals surface area (Å²) in [5, 5.41) is 0.214. The Labute approximate surface area is 116 Å². The summed E-state index contributed by atoms with van der Waals surface area (Å²) in [4.78, 5) is 12.8. The van der Waals surface area contributed by atoms with Crippen LogP contribution in [0.1, 0.15) is 53.4 Å². The van der Waals surface area contributed by atoms with Crippen molar-refractivity contribution >= 4 is 17.5 Å². The fourth-order valence-corrected chi connectivity index (χ4v) is 2.92. The van der Waals surface area contributed by atoms with Crippen molar-refractivity contribution in [1.29, 1.82) is 0 Å². The molecule has 0 aliphatic heterocycles. The van der Waals surface area contributed by atoms with Crippen LogP contribution in [0.15, 0.2) is 35.2 Å².